The summed E-state index contributed by atoms with van der Waals surface area (Å²) in [5.41, 5.74) is 1.27. The maximum Gasteiger partial charge on any atom is 0.185 e. The average Bonchev–Trinajstić information content (AvgIpc) is 3.23. The van der Waals surface area contributed by atoms with Crippen LogP contribution in [-0.2, 0) is 0 Å². The van der Waals surface area contributed by atoms with Gasteiger partial charge in [-0.2, -0.15) is 10.5 Å². The number of Topliss-reactive ketones (excluding diaryl/α,β-unsaturated/α-hetero) is 1. The van der Waals surface area contributed by atoms with Crippen LogP contribution in [0.25, 0.3) is 6.08 Å². The van der Waals surface area contributed by atoms with Crippen LogP contribution in [0.1, 0.15) is 27.4 Å². The first-order valence-electron chi connectivity index (χ1n) is 11.4. The van der Waals surface area contributed by atoms with Gasteiger partial charge in [-0.3, -0.25) is 4.79 Å². The Morgan fingerprint density at radius 3 is 2.33 bits per heavy atom. The van der Waals surface area contributed by atoms with E-state index in [1.807, 2.05) is 41.3 Å². The van der Waals surface area contributed by atoms with Gasteiger partial charge in [-0.05, 0) is 53.6 Å². The summed E-state index contributed by atoms with van der Waals surface area (Å²) in [6.45, 7) is 0. The van der Waals surface area contributed by atoms with E-state index in [4.69, 9.17) is 21.1 Å². The molecule has 3 aromatic rings. The van der Waals surface area contributed by atoms with Gasteiger partial charge in [-0.25, -0.2) is 0 Å². The Morgan fingerprint density at radius 2 is 1.67 bits per heavy atom. The van der Waals surface area contributed by atoms with Crippen LogP contribution in [0.3, 0.4) is 0 Å². The summed E-state index contributed by atoms with van der Waals surface area (Å²) >= 11 is 6.09. The lowest BCUT2D eigenvalue weighted by Gasteiger charge is -2.35. The molecular weight excluding hydrogens is 474 g/mol. The molecule has 0 spiro atoms. The Labute approximate surface area is 214 Å². The Morgan fingerprint density at radius 1 is 0.972 bits per heavy atom. The third kappa shape index (κ3) is 3.42. The predicted octanol–water partition coefficient (Wildman–Crippen LogP) is 5.64. The molecule has 3 atom stereocenters. The molecule has 0 unspecified atom stereocenters. The van der Waals surface area contributed by atoms with Crippen molar-refractivity contribution in [2.75, 3.05) is 19.1 Å². The molecule has 0 radical (unpaired) electrons. The largest absolute Gasteiger partial charge is 0.493 e. The molecule has 0 bridgehead atoms. The van der Waals surface area contributed by atoms with Crippen LogP contribution in [0.5, 0.6) is 11.5 Å². The number of halogens is 1. The fourth-order valence-corrected chi connectivity index (χ4v) is 5.57. The molecule has 2 aliphatic heterocycles. The van der Waals surface area contributed by atoms with E-state index >= 15 is 0 Å². The van der Waals surface area contributed by atoms with E-state index in [2.05, 4.69) is 12.1 Å². The molecule has 0 saturated carbocycles. The van der Waals surface area contributed by atoms with Crippen molar-refractivity contribution in [1.82, 2.24) is 0 Å². The molecule has 1 saturated heterocycles. The van der Waals surface area contributed by atoms with Crippen LogP contribution in [0.2, 0.25) is 5.02 Å². The maximum atomic E-state index is 14.2. The lowest BCUT2D eigenvalue weighted by Crippen LogP contribution is -2.44. The van der Waals surface area contributed by atoms with Gasteiger partial charge in [-0.1, -0.05) is 48.0 Å². The van der Waals surface area contributed by atoms with Crippen molar-refractivity contribution in [2.45, 2.75) is 18.0 Å². The van der Waals surface area contributed by atoms with Gasteiger partial charge >= 0.3 is 0 Å². The molecular formula is C29H22ClN3O3. The summed E-state index contributed by atoms with van der Waals surface area (Å²) in [7, 11) is 3.06. The van der Waals surface area contributed by atoms with Gasteiger partial charge in [0.05, 0.1) is 32.4 Å². The van der Waals surface area contributed by atoms with E-state index in [9.17, 15) is 15.3 Å². The van der Waals surface area contributed by atoms with Crippen LogP contribution in [0.15, 0.2) is 72.8 Å². The second-order valence-electron chi connectivity index (χ2n) is 8.77. The summed E-state index contributed by atoms with van der Waals surface area (Å²) in [6.07, 6.45) is 3.78. The molecule has 36 heavy (non-hydrogen) atoms. The second-order valence-corrected chi connectivity index (χ2v) is 9.21. The van der Waals surface area contributed by atoms with Crippen molar-refractivity contribution >= 4 is 29.1 Å². The lowest BCUT2D eigenvalue weighted by atomic mass is 9.69. The predicted molar refractivity (Wildman–Crippen MR) is 137 cm³/mol. The Balaban J connectivity index is 1.78. The number of ether oxygens (including phenoxy) is 2. The van der Waals surface area contributed by atoms with Gasteiger partial charge in [-0.15, -0.1) is 0 Å². The summed E-state index contributed by atoms with van der Waals surface area (Å²) in [5.74, 6) is -0.00851. The van der Waals surface area contributed by atoms with E-state index < -0.39 is 23.4 Å². The standard InChI is InChI=1S/C29H22ClN3O3/c1-35-23-13-9-20(15-24(23)36-2)26-27(28(34)19-7-11-21(30)12-8-19)33-22-6-4-3-5-18(22)10-14-25(33)29(26,16-31)17-32/h3-15,25-27H,1-2H3/t25-,26-,27+/m1/s1. The van der Waals surface area contributed by atoms with Gasteiger partial charge in [0.15, 0.2) is 22.7 Å². The molecule has 178 valence electrons. The highest BCUT2D eigenvalue weighted by Gasteiger charge is 2.63. The first kappa shape index (κ1) is 23.5. The van der Waals surface area contributed by atoms with Gasteiger partial charge in [0.1, 0.15) is 6.04 Å². The fourth-order valence-electron chi connectivity index (χ4n) is 5.44. The van der Waals surface area contributed by atoms with Crippen molar-refractivity contribution < 1.29 is 14.3 Å². The van der Waals surface area contributed by atoms with E-state index in [1.165, 1.54) is 14.2 Å². The van der Waals surface area contributed by atoms with Gasteiger partial charge in [0.25, 0.3) is 0 Å². The third-order valence-electron chi connectivity index (χ3n) is 7.08. The zero-order valence-electron chi connectivity index (χ0n) is 19.7. The Hall–Kier alpha value is -4.26. The number of carbonyl (C=O) groups is 1. The number of anilines is 1. The summed E-state index contributed by atoms with van der Waals surface area (Å²) in [5, 5.41) is 21.6. The molecule has 0 N–H and O–H groups in total. The number of nitriles is 2. The quantitative estimate of drug-likeness (QED) is 0.426. The number of nitrogens with zero attached hydrogens (tertiary/aromatic N) is 3. The van der Waals surface area contributed by atoms with E-state index in [-0.39, 0.29) is 5.78 Å². The Kier molecular flexibility index (Phi) is 5.92. The zero-order chi connectivity index (χ0) is 25.4. The molecule has 1 fully saturated rings. The summed E-state index contributed by atoms with van der Waals surface area (Å²) < 4.78 is 10.9. The molecule has 2 heterocycles. The van der Waals surface area contributed by atoms with Gasteiger partial charge in [0, 0.05) is 22.2 Å². The number of rotatable bonds is 5. The van der Waals surface area contributed by atoms with Crippen molar-refractivity contribution in [3.63, 3.8) is 0 Å². The second kappa shape index (κ2) is 9.07. The van der Waals surface area contributed by atoms with Gasteiger partial charge in [0.2, 0.25) is 0 Å². The van der Waals surface area contributed by atoms with Crippen molar-refractivity contribution in [3.05, 3.63) is 94.5 Å². The molecule has 0 aromatic heterocycles. The minimum absolute atomic E-state index is 0.200. The molecule has 2 aliphatic rings. The van der Waals surface area contributed by atoms with Crippen LogP contribution in [0, 0.1) is 28.1 Å². The molecule has 7 heteroatoms. The normalized spacial score (nSPS) is 21.0. The van der Waals surface area contributed by atoms with Crippen LogP contribution in [0.4, 0.5) is 5.69 Å². The molecule has 0 aliphatic carbocycles. The average molecular weight is 496 g/mol. The third-order valence-corrected chi connectivity index (χ3v) is 7.33. The SMILES string of the molecule is COc1ccc([C@@H]2[C@@H](C(=O)c3ccc(Cl)cc3)N3c4ccccc4C=C[C@@H]3C2(C#N)C#N)cc1OC. The van der Waals surface area contributed by atoms with Crippen molar-refractivity contribution in [2.24, 2.45) is 5.41 Å². The Bertz CT molecular complexity index is 1440. The lowest BCUT2D eigenvalue weighted by molar-refractivity contribution is 0.0951. The van der Waals surface area contributed by atoms with Crippen molar-refractivity contribution in [1.29, 1.82) is 10.5 Å². The van der Waals surface area contributed by atoms with E-state index in [1.54, 1.807) is 42.5 Å². The number of ketones is 1. The maximum absolute atomic E-state index is 14.2. The van der Waals surface area contributed by atoms with E-state index in [0.717, 1.165) is 11.3 Å². The smallest absolute Gasteiger partial charge is 0.185 e. The summed E-state index contributed by atoms with van der Waals surface area (Å²) in [6, 6.07) is 22.8. The number of methoxy groups -OCH3 is 2. The van der Waals surface area contributed by atoms with Crippen LogP contribution >= 0.6 is 11.6 Å². The number of para-hydroxylation sites is 1. The first-order valence-corrected chi connectivity index (χ1v) is 11.8. The monoisotopic (exact) mass is 495 g/mol. The highest BCUT2D eigenvalue weighted by molar-refractivity contribution is 6.30. The minimum atomic E-state index is -1.55. The number of benzene rings is 3. The van der Waals surface area contributed by atoms with Crippen LogP contribution < -0.4 is 14.4 Å². The van der Waals surface area contributed by atoms with Crippen LogP contribution in [-0.4, -0.2) is 32.1 Å². The minimum Gasteiger partial charge on any atom is -0.493 e. The number of fused-ring (bicyclic) bond motifs is 3. The molecule has 0 amide bonds. The highest BCUT2D eigenvalue weighted by Crippen LogP contribution is 2.56. The topological polar surface area (TPSA) is 86.4 Å². The van der Waals surface area contributed by atoms with Crippen molar-refractivity contribution in [3.8, 4) is 23.6 Å². The van der Waals surface area contributed by atoms with Gasteiger partial charge < -0.3 is 14.4 Å². The summed E-state index contributed by atoms with van der Waals surface area (Å²) in [4.78, 5) is 16.2. The number of hydrogen-bond donors (Lipinski definition) is 0. The molecule has 6 nitrogen and oxygen atoms in total. The number of carbonyl (C=O) groups excluding carboxylic acids is 1. The highest BCUT2D eigenvalue weighted by atomic mass is 35.5. The molecule has 5 rings (SSSR count). The first-order chi connectivity index (χ1) is 17.5. The zero-order valence-corrected chi connectivity index (χ0v) is 20.4. The fraction of sp³-hybridized carbons (Fsp3) is 0.207. The number of hydrogen-bond acceptors (Lipinski definition) is 6. The molecule has 3 aromatic carbocycles. The van der Waals surface area contributed by atoms with E-state index in [0.29, 0.717) is 27.6 Å².